The van der Waals surface area contributed by atoms with Crippen molar-refractivity contribution in [2.45, 2.75) is 6.54 Å². The number of nitrogens with zero attached hydrogens (tertiary/aromatic N) is 2. The van der Waals surface area contributed by atoms with Gasteiger partial charge in [-0.1, -0.05) is 6.07 Å². The summed E-state index contributed by atoms with van der Waals surface area (Å²) in [6, 6.07) is 7.58. The van der Waals surface area contributed by atoms with Gasteiger partial charge >= 0.3 is 0 Å². The number of aromatic nitrogens is 1. The van der Waals surface area contributed by atoms with E-state index in [2.05, 4.69) is 15.6 Å². The van der Waals surface area contributed by atoms with Crippen LogP contribution in [0.1, 0.15) is 15.9 Å². The Balaban J connectivity index is 2.20. The normalized spacial score (nSPS) is 10.0. The summed E-state index contributed by atoms with van der Waals surface area (Å²) in [5.41, 5.74) is 1.27. The molecule has 1 heterocycles. The average Bonchev–Trinajstić information content (AvgIpc) is 2.59. The van der Waals surface area contributed by atoms with Crippen LogP contribution in [0.25, 0.3) is 0 Å². The molecule has 2 N–H and O–H groups in total. The zero-order valence-corrected chi connectivity index (χ0v) is 12.7. The van der Waals surface area contributed by atoms with Crippen molar-refractivity contribution >= 4 is 17.3 Å². The number of nitro groups is 1. The molecule has 1 aromatic heterocycles. The van der Waals surface area contributed by atoms with Gasteiger partial charge < -0.3 is 15.4 Å². The lowest BCUT2D eigenvalue weighted by Crippen LogP contribution is -2.24. The highest BCUT2D eigenvalue weighted by molar-refractivity contribution is 6.00. The van der Waals surface area contributed by atoms with Crippen LogP contribution in [-0.4, -0.2) is 30.0 Å². The summed E-state index contributed by atoms with van der Waals surface area (Å²) >= 11 is 0. The maximum Gasteiger partial charge on any atom is 0.270 e. The molecule has 1 amide bonds. The molecule has 0 saturated carbocycles. The average molecular weight is 316 g/mol. The standard InChI is InChI=1S/C15H16N4O4/c1-16-13-6-5-11(19(21)22)8-12(13)14(20)18-9-10-4-3-7-17-15(10)23-2/h3-8,16H,9H2,1-2H3,(H,18,20). The molecule has 8 nitrogen and oxygen atoms in total. The Kier molecular flexibility index (Phi) is 5.08. The molecule has 0 bridgehead atoms. The van der Waals surface area contributed by atoms with Gasteiger partial charge in [-0.05, 0) is 12.1 Å². The summed E-state index contributed by atoms with van der Waals surface area (Å²) in [6.07, 6.45) is 1.59. The van der Waals surface area contributed by atoms with Crippen LogP contribution >= 0.6 is 0 Å². The van der Waals surface area contributed by atoms with Gasteiger partial charge in [0.15, 0.2) is 0 Å². The Morgan fingerprint density at radius 1 is 1.39 bits per heavy atom. The van der Waals surface area contributed by atoms with Crippen molar-refractivity contribution in [3.8, 4) is 5.88 Å². The quantitative estimate of drug-likeness (QED) is 0.623. The molecule has 0 aliphatic rings. The van der Waals surface area contributed by atoms with Crippen LogP contribution < -0.4 is 15.4 Å². The van der Waals surface area contributed by atoms with E-state index in [9.17, 15) is 14.9 Å². The van der Waals surface area contributed by atoms with Crippen molar-refractivity contribution in [1.82, 2.24) is 10.3 Å². The minimum Gasteiger partial charge on any atom is -0.481 e. The lowest BCUT2D eigenvalue weighted by Gasteiger charge is -2.11. The number of ether oxygens (including phenoxy) is 1. The largest absolute Gasteiger partial charge is 0.481 e. The first-order chi connectivity index (χ1) is 11.1. The number of hydrogen-bond acceptors (Lipinski definition) is 6. The molecule has 0 aliphatic carbocycles. The molecule has 0 unspecified atom stereocenters. The second-order valence-corrected chi connectivity index (χ2v) is 4.59. The van der Waals surface area contributed by atoms with E-state index in [1.807, 2.05) is 0 Å². The molecule has 120 valence electrons. The highest BCUT2D eigenvalue weighted by atomic mass is 16.6. The van der Waals surface area contributed by atoms with Gasteiger partial charge in [0, 0.05) is 43.2 Å². The minimum absolute atomic E-state index is 0.145. The van der Waals surface area contributed by atoms with Crippen LogP contribution in [0.4, 0.5) is 11.4 Å². The number of pyridine rings is 1. The number of rotatable bonds is 6. The number of carbonyl (C=O) groups is 1. The van der Waals surface area contributed by atoms with Crippen molar-refractivity contribution in [3.05, 3.63) is 57.8 Å². The molecule has 8 heteroatoms. The lowest BCUT2D eigenvalue weighted by molar-refractivity contribution is -0.384. The van der Waals surface area contributed by atoms with Gasteiger partial charge in [0.25, 0.3) is 11.6 Å². The number of benzene rings is 1. The maximum atomic E-state index is 12.3. The summed E-state index contributed by atoms with van der Waals surface area (Å²) in [6.45, 7) is 0.196. The van der Waals surface area contributed by atoms with E-state index in [1.54, 1.807) is 25.4 Å². The molecule has 0 spiro atoms. The number of hydrogen-bond donors (Lipinski definition) is 2. The first-order valence-electron chi connectivity index (χ1n) is 6.79. The molecule has 0 fully saturated rings. The summed E-state index contributed by atoms with van der Waals surface area (Å²) < 4.78 is 5.11. The molecule has 0 atom stereocenters. The van der Waals surface area contributed by atoms with Crippen LogP contribution in [-0.2, 0) is 6.54 Å². The fourth-order valence-electron chi connectivity index (χ4n) is 2.06. The molecule has 0 radical (unpaired) electrons. The Bertz CT molecular complexity index is 733. The van der Waals surface area contributed by atoms with Crippen LogP contribution in [0.15, 0.2) is 36.5 Å². The van der Waals surface area contributed by atoms with E-state index in [0.717, 1.165) is 0 Å². The lowest BCUT2D eigenvalue weighted by atomic mass is 10.1. The predicted octanol–water partition coefficient (Wildman–Crippen LogP) is 1.97. The van der Waals surface area contributed by atoms with E-state index in [0.29, 0.717) is 17.1 Å². The highest BCUT2D eigenvalue weighted by Gasteiger charge is 2.16. The van der Waals surface area contributed by atoms with Gasteiger partial charge in [-0.2, -0.15) is 0 Å². The number of nitrogens with one attached hydrogen (secondary N) is 2. The van der Waals surface area contributed by atoms with E-state index in [4.69, 9.17) is 4.74 Å². The maximum absolute atomic E-state index is 12.3. The third-order valence-corrected chi connectivity index (χ3v) is 3.21. The van der Waals surface area contributed by atoms with Crippen LogP contribution in [0.2, 0.25) is 0 Å². The fraction of sp³-hybridized carbons (Fsp3) is 0.200. The molecular formula is C15H16N4O4. The number of carbonyl (C=O) groups excluding carboxylic acids is 1. The van der Waals surface area contributed by atoms with E-state index < -0.39 is 10.8 Å². The van der Waals surface area contributed by atoms with Gasteiger partial charge in [-0.3, -0.25) is 14.9 Å². The molecule has 0 aliphatic heterocycles. The number of methoxy groups -OCH3 is 1. The smallest absolute Gasteiger partial charge is 0.270 e. The first kappa shape index (κ1) is 16.2. The molecule has 2 aromatic rings. The molecule has 2 rings (SSSR count). The van der Waals surface area contributed by atoms with Crippen molar-refractivity contribution in [2.75, 3.05) is 19.5 Å². The van der Waals surface area contributed by atoms with E-state index in [-0.39, 0.29) is 17.8 Å². The SMILES string of the molecule is CNc1ccc([N+](=O)[O-])cc1C(=O)NCc1cccnc1OC. The van der Waals surface area contributed by atoms with Crippen molar-refractivity contribution in [3.63, 3.8) is 0 Å². The third kappa shape index (κ3) is 3.73. The Morgan fingerprint density at radius 3 is 2.83 bits per heavy atom. The van der Waals surface area contributed by atoms with Crippen molar-refractivity contribution in [1.29, 1.82) is 0 Å². The van der Waals surface area contributed by atoms with E-state index >= 15 is 0 Å². The molecule has 0 saturated heterocycles. The molecular weight excluding hydrogens is 300 g/mol. The summed E-state index contributed by atoms with van der Waals surface area (Å²) in [4.78, 5) is 26.7. The van der Waals surface area contributed by atoms with Crippen LogP contribution in [0, 0.1) is 10.1 Å². The van der Waals surface area contributed by atoms with Crippen LogP contribution in [0.3, 0.4) is 0 Å². The summed E-state index contributed by atoms with van der Waals surface area (Å²) in [5.74, 6) is -0.00959. The number of non-ortho nitro benzene ring substituents is 1. The summed E-state index contributed by atoms with van der Waals surface area (Å²) in [7, 11) is 3.13. The van der Waals surface area contributed by atoms with Crippen molar-refractivity contribution in [2.24, 2.45) is 0 Å². The van der Waals surface area contributed by atoms with Gasteiger partial charge in [0.2, 0.25) is 5.88 Å². The Morgan fingerprint density at radius 2 is 2.17 bits per heavy atom. The van der Waals surface area contributed by atoms with E-state index in [1.165, 1.54) is 25.3 Å². The Labute approximate surface area is 132 Å². The minimum atomic E-state index is -0.541. The predicted molar refractivity (Wildman–Crippen MR) is 84.6 cm³/mol. The third-order valence-electron chi connectivity index (χ3n) is 3.21. The number of amides is 1. The first-order valence-corrected chi connectivity index (χ1v) is 6.79. The van der Waals surface area contributed by atoms with Gasteiger partial charge in [0.1, 0.15) is 0 Å². The van der Waals surface area contributed by atoms with Crippen LogP contribution in [0.5, 0.6) is 5.88 Å². The number of nitro benzene ring substituents is 1. The fourth-order valence-corrected chi connectivity index (χ4v) is 2.06. The van der Waals surface area contributed by atoms with Crippen molar-refractivity contribution < 1.29 is 14.5 Å². The van der Waals surface area contributed by atoms with Gasteiger partial charge in [-0.25, -0.2) is 4.98 Å². The zero-order valence-electron chi connectivity index (χ0n) is 12.7. The van der Waals surface area contributed by atoms with Gasteiger partial charge in [-0.15, -0.1) is 0 Å². The second-order valence-electron chi connectivity index (χ2n) is 4.59. The molecule has 1 aromatic carbocycles. The molecule has 23 heavy (non-hydrogen) atoms. The highest BCUT2D eigenvalue weighted by Crippen LogP contribution is 2.22. The second kappa shape index (κ2) is 7.21. The monoisotopic (exact) mass is 316 g/mol. The Hall–Kier alpha value is -3.16. The van der Waals surface area contributed by atoms with Gasteiger partial charge in [0.05, 0.1) is 17.6 Å². The number of anilines is 1. The zero-order chi connectivity index (χ0) is 16.8. The topological polar surface area (TPSA) is 106 Å². The summed E-state index contributed by atoms with van der Waals surface area (Å²) in [5, 5.41) is 16.4.